The van der Waals surface area contributed by atoms with Gasteiger partial charge >= 0.3 is 0 Å². The van der Waals surface area contributed by atoms with Crippen LogP contribution in [0.5, 0.6) is 0 Å². The Balaban J connectivity index is 2.05. The Hall–Kier alpha value is -3.65. The number of amides is 2. The third-order valence-electron chi connectivity index (χ3n) is 6.12. The molecule has 7 nitrogen and oxygen atoms in total. The number of rotatable bonds is 9. The normalized spacial score (nSPS) is 12.0. The minimum absolute atomic E-state index is 0.0854. The van der Waals surface area contributed by atoms with E-state index < -0.39 is 28.5 Å². The van der Waals surface area contributed by atoms with Crippen LogP contribution in [-0.4, -0.2) is 44.8 Å². The predicted octanol–water partition coefficient (Wildman–Crippen LogP) is 3.97. The topological polar surface area (TPSA) is 86.8 Å². The molecule has 1 atom stereocenters. The first-order valence-electron chi connectivity index (χ1n) is 11.8. The number of hydrogen-bond donors (Lipinski definition) is 1. The van der Waals surface area contributed by atoms with Crippen LogP contribution in [0.2, 0.25) is 0 Å². The van der Waals surface area contributed by atoms with Crippen LogP contribution in [0, 0.1) is 20.8 Å². The van der Waals surface area contributed by atoms with Crippen molar-refractivity contribution in [3.63, 3.8) is 0 Å². The number of carbonyl (C=O) groups excluding carboxylic acids is 2. The molecule has 36 heavy (non-hydrogen) atoms. The summed E-state index contributed by atoms with van der Waals surface area (Å²) in [5, 5.41) is 2.59. The van der Waals surface area contributed by atoms with Crippen LogP contribution in [-0.2, 0) is 26.2 Å². The summed E-state index contributed by atoms with van der Waals surface area (Å²) < 4.78 is 28.7. The summed E-state index contributed by atoms with van der Waals surface area (Å²) >= 11 is 0. The minimum Gasteiger partial charge on any atom is -0.357 e. The van der Waals surface area contributed by atoms with Gasteiger partial charge in [-0.05, 0) is 57.0 Å². The number of carbonyl (C=O) groups is 2. The summed E-state index contributed by atoms with van der Waals surface area (Å²) in [6, 6.07) is 20.3. The molecule has 3 aromatic carbocycles. The van der Waals surface area contributed by atoms with Crippen molar-refractivity contribution in [3.05, 3.63) is 95.1 Å². The fourth-order valence-corrected chi connectivity index (χ4v) is 5.50. The van der Waals surface area contributed by atoms with Gasteiger partial charge in [-0.1, -0.05) is 65.7 Å². The van der Waals surface area contributed by atoms with Crippen molar-refractivity contribution in [1.82, 2.24) is 10.2 Å². The molecule has 190 valence electrons. The van der Waals surface area contributed by atoms with Gasteiger partial charge in [-0.15, -0.1) is 0 Å². The maximum atomic E-state index is 13.8. The maximum absolute atomic E-state index is 13.8. The molecule has 0 unspecified atom stereocenters. The van der Waals surface area contributed by atoms with E-state index in [9.17, 15) is 18.0 Å². The Morgan fingerprint density at radius 2 is 1.50 bits per heavy atom. The SMILES string of the molecule is CNC(=O)[C@H](C)N(Cc1ccc(C)cc1)C(=O)CN(c1ccc(C)cc1C)S(=O)(=O)c1ccccc1. The van der Waals surface area contributed by atoms with Crippen molar-refractivity contribution in [2.24, 2.45) is 0 Å². The Kier molecular flexibility index (Phi) is 8.53. The van der Waals surface area contributed by atoms with Crippen LogP contribution in [0.3, 0.4) is 0 Å². The number of likely N-dealkylation sites (N-methyl/N-ethyl adjacent to an activating group) is 1. The maximum Gasteiger partial charge on any atom is 0.264 e. The lowest BCUT2D eigenvalue weighted by Crippen LogP contribution is -2.50. The number of nitrogens with zero attached hydrogens (tertiary/aromatic N) is 2. The second-order valence-corrected chi connectivity index (χ2v) is 10.8. The summed E-state index contributed by atoms with van der Waals surface area (Å²) in [6.45, 7) is 7.06. The predicted molar refractivity (Wildman–Crippen MR) is 142 cm³/mol. The highest BCUT2D eigenvalue weighted by molar-refractivity contribution is 7.92. The molecule has 0 bridgehead atoms. The molecule has 3 aromatic rings. The summed E-state index contributed by atoms with van der Waals surface area (Å²) in [4.78, 5) is 27.8. The molecule has 8 heteroatoms. The first kappa shape index (κ1) is 26.9. The molecule has 0 heterocycles. The fraction of sp³-hybridized carbons (Fsp3) is 0.286. The summed E-state index contributed by atoms with van der Waals surface area (Å²) in [7, 11) is -2.55. The molecule has 0 spiro atoms. The summed E-state index contributed by atoms with van der Waals surface area (Å²) in [5.41, 5.74) is 4.04. The van der Waals surface area contributed by atoms with E-state index in [-0.39, 0.29) is 17.3 Å². The number of sulfonamides is 1. The van der Waals surface area contributed by atoms with E-state index in [2.05, 4.69) is 5.32 Å². The molecule has 3 rings (SSSR count). The molecule has 0 aliphatic carbocycles. The van der Waals surface area contributed by atoms with Gasteiger partial charge in [-0.3, -0.25) is 13.9 Å². The quantitative estimate of drug-likeness (QED) is 0.475. The van der Waals surface area contributed by atoms with Crippen molar-refractivity contribution in [2.45, 2.75) is 45.2 Å². The van der Waals surface area contributed by atoms with E-state index in [4.69, 9.17) is 0 Å². The van der Waals surface area contributed by atoms with Gasteiger partial charge < -0.3 is 10.2 Å². The molecule has 0 saturated carbocycles. The largest absolute Gasteiger partial charge is 0.357 e. The van der Waals surface area contributed by atoms with E-state index in [1.54, 1.807) is 31.2 Å². The van der Waals surface area contributed by atoms with Gasteiger partial charge in [0.25, 0.3) is 10.0 Å². The zero-order chi connectivity index (χ0) is 26.5. The zero-order valence-corrected chi connectivity index (χ0v) is 22.2. The number of benzene rings is 3. The first-order chi connectivity index (χ1) is 17.0. The van der Waals surface area contributed by atoms with Crippen LogP contribution in [0.1, 0.15) is 29.2 Å². The number of nitrogens with one attached hydrogen (secondary N) is 1. The zero-order valence-electron chi connectivity index (χ0n) is 21.4. The fourth-order valence-electron chi connectivity index (χ4n) is 4.00. The standard InChI is InChI=1S/C28H33N3O4S/c1-20-11-14-24(15-12-20)18-30(23(4)28(33)29-5)27(32)19-31(26-16-13-21(2)17-22(26)3)36(34,35)25-9-7-6-8-10-25/h6-17,23H,18-19H2,1-5H3,(H,29,33)/t23-/m0/s1. The van der Waals surface area contributed by atoms with Gasteiger partial charge in [-0.2, -0.15) is 0 Å². The highest BCUT2D eigenvalue weighted by Gasteiger charge is 2.32. The van der Waals surface area contributed by atoms with Gasteiger partial charge in [0.05, 0.1) is 10.6 Å². The van der Waals surface area contributed by atoms with E-state index >= 15 is 0 Å². The monoisotopic (exact) mass is 507 g/mol. The lowest BCUT2D eigenvalue weighted by Gasteiger charge is -2.32. The Bertz CT molecular complexity index is 1320. The van der Waals surface area contributed by atoms with Crippen LogP contribution in [0.25, 0.3) is 0 Å². The highest BCUT2D eigenvalue weighted by Crippen LogP contribution is 2.28. The summed E-state index contributed by atoms with van der Waals surface area (Å²) in [5.74, 6) is -0.814. The number of anilines is 1. The second-order valence-electron chi connectivity index (χ2n) is 8.91. The lowest BCUT2D eigenvalue weighted by atomic mass is 10.1. The third-order valence-corrected chi connectivity index (χ3v) is 7.89. The molecule has 0 fully saturated rings. The molecular formula is C28H33N3O4S. The molecule has 2 amide bonds. The van der Waals surface area contributed by atoms with Gasteiger partial charge in [0.2, 0.25) is 11.8 Å². The van der Waals surface area contributed by atoms with Crippen molar-refractivity contribution in [3.8, 4) is 0 Å². The average molecular weight is 508 g/mol. The molecule has 0 aliphatic rings. The average Bonchev–Trinajstić information content (AvgIpc) is 2.86. The molecule has 1 N–H and O–H groups in total. The van der Waals surface area contributed by atoms with E-state index in [1.807, 2.05) is 57.2 Å². The van der Waals surface area contributed by atoms with E-state index in [0.717, 1.165) is 26.6 Å². The van der Waals surface area contributed by atoms with Crippen molar-refractivity contribution in [2.75, 3.05) is 17.9 Å². The number of hydrogen-bond acceptors (Lipinski definition) is 4. The van der Waals surface area contributed by atoms with Gasteiger partial charge in [0.1, 0.15) is 12.6 Å². The molecule has 0 saturated heterocycles. The minimum atomic E-state index is -4.06. The van der Waals surface area contributed by atoms with Crippen molar-refractivity contribution in [1.29, 1.82) is 0 Å². The van der Waals surface area contributed by atoms with E-state index in [0.29, 0.717) is 5.69 Å². The Morgan fingerprint density at radius 1 is 0.889 bits per heavy atom. The van der Waals surface area contributed by atoms with E-state index in [1.165, 1.54) is 24.1 Å². The molecular weight excluding hydrogens is 474 g/mol. The van der Waals surface area contributed by atoms with Gasteiger partial charge in [-0.25, -0.2) is 8.42 Å². The van der Waals surface area contributed by atoms with Crippen LogP contribution >= 0.6 is 0 Å². The van der Waals surface area contributed by atoms with Gasteiger partial charge in [0.15, 0.2) is 0 Å². The molecule has 0 aromatic heterocycles. The lowest BCUT2D eigenvalue weighted by molar-refractivity contribution is -0.139. The van der Waals surface area contributed by atoms with Crippen molar-refractivity contribution < 1.29 is 18.0 Å². The molecule has 0 radical (unpaired) electrons. The smallest absolute Gasteiger partial charge is 0.264 e. The van der Waals surface area contributed by atoms with Crippen molar-refractivity contribution >= 4 is 27.5 Å². The second kappa shape index (κ2) is 11.4. The van der Waals surface area contributed by atoms with Gasteiger partial charge in [0, 0.05) is 13.6 Å². The third kappa shape index (κ3) is 6.12. The summed E-state index contributed by atoms with van der Waals surface area (Å²) in [6.07, 6.45) is 0. The van der Waals surface area contributed by atoms with Crippen LogP contribution < -0.4 is 9.62 Å². The first-order valence-corrected chi connectivity index (χ1v) is 13.2. The molecule has 0 aliphatic heterocycles. The Labute approximate surface area is 213 Å². The number of aryl methyl sites for hydroxylation is 3. The Morgan fingerprint density at radius 3 is 2.08 bits per heavy atom. The van der Waals surface area contributed by atoms with Crippen LogP contribution in [0.15, 0.2) is 77.7 Å². The highest BCUT2D eigenvalue weighted by atomic mass is 32.2. The van der Waals surface area contributed by atoms with Crippen LogP contribution in [0.4, 0.5) is 5.69 Å².